The van der Waals surface area contributed by atoms with E-state index in [0.717, 1.165) is 44.7 Å². The number of nitrogens with zero attached hydrogens (tertiary/aromatic N) is 3. The molecule has 0 fully saturated rings. The van der Waals surface area contributed by atoms with E-state index in [-0.39, 0.29) is 0 Å². The molecule has 0 unspecified atom stereocenters. The van der Waals surface area contributed by atoms with Crippen LogP contribution in [0.25, 0.3) is 77.2 Å². The first-order valence-corrected chi connectivity index (χ1v) is 15.5. The molecule has 0 radical (unpaired) electrons. The molecular formula is C43H27N3. The Labute approximate surface area is 266 Å². The molecule has 3 heteroatoms. The summed E-state index contributed by atoms with van der Waals surface area (Å²) >= 11 is 0. The van der Waals surface area contributed by atoms with Crippen molar-refractivity contribution in [3.05, 3.63) is 169 Å². The second-order valence-corrected chi connectivity index (χ2v) is 11.7. The van der Waals surface area contributed by atoms with Crippen LogP contribution >= 0.6 is 0 Å². The number of nitriles is 1. The summed E-state index contributed by atoms with van der Waals surface area (Å²) in [7, 11) is 0. The minimum atomic E-state index is 0.643. The van der Waals surface area contributed by atoms with E-state index in [4.69, 9.17) is 0 Å². The lowest BCUT2D eigenvalue weighted by Crippen LogP contribution is -1.98. The molecule has 0 aliphatic carbocycles. The first-order chi connectivity index (χ1) is 22.8. The van der Waals surface area contributed by atoms with Crippen molar-refractivity contribution >= 4 is 43.6 Å². The van der Waals surface area contributed by atoms with Crippen molar-refractivity contribution in [3.8, 4) is 39.7 Å². The number of aromatic nitrogens is 2. The lowest BCUT2D eigenvalue weighted by Gasteiger charge is -2.17. The minimum absolute atomic E-state index is 0.643. The topological polar surface area (TPSA) is 33.6 Å². The van der Waals surface area contributed by atoms with Crippen LogP contribution < -0.4 is 0 Å². The lowest BCUT2D eigenvalue weighted by molar-refractivity contribution is 1.18. The molecule has 0 saturated heterocycles. The molecule has 9 rings (SSSR count). The van der Waals surface area contributed by atoms with Gasteiger partial charge in [-0.3, -0.25) is 0 Å². The fourth-order valence-electron chi connectivity index (χ4n) is 7.11. The first-order valence-electron chi connectivity index (χ1n) is 15.5. The zero-order valence-corrected chi connectivity index (χ0v) is 24.9. The van der Waals surface area contributed by atoms with Gasteiger partial charge in [-0.25, -0.2) is 0 Å². The smallest absolute Gasteiger partial charge is 0.0991 e. The number of hydrogen-bond donors (Lipinski definition) is 0. The highest BCUT2D eigenvalue weighted by atomic mass is 15.0. The van der Waals surface area contributed by atoms with Crippen molar-refractivity contribution in [3.63, 3.8) is 0 Å². The molecule has 0 N–H and O–H groups in total. The largest absolute Gasteiger partial charge is 0.309 e. The Bertz CT molecular complexity index is 2560. The Morgan fingerprint density at radius 2 is 0.891 bits per heavy atom. The van der Waals surface area contributed by atoms with Crippen LogP contribution in [-0.2, 0) is 0 Å². The summed E-state index contributed by atoms with van der Waals surface area (Å²) < 4.78 is 4.72. The maximum atomic E-state index is 9.79. The Hall–Kier alpha value is -6.37. The van der Waals surface area contributed by atoms with Gasteiger partial charge in [-0.15, -0.1) is 0 Å². The zero-order valence-electron chi connectivity index (χ0n) is 24.9. The summed E-state index contributed by atoms with van der Waals surface area (Å²) in [5, 5.41) is 14.7. The van der Waals surface area contributed by atoms with Crippen LogP contribution in [0.3, 0.4) is 0 Å². The van der Waals surface area contributed by atoms with E-state index in [1.807, 2.05) is 18.2 Å². The number of benzene rings is 7. The Kier molecular flexibility index (Phi) is 5.88. The second-order valence-electron chi connectivity index (χ2n) is 11.7. The van der Waals surface area contributed by atoms with Crippen molar-refractivity contribution in [2.45, 2.75) is 0 Å². The number of para-hydroxylation sites is 4. The maximum absolute atomic E-state index is 9.79. The highest BCUT2D eigenvalue weighted by Crippen LogP contribution is 2.39. The van der Waals surface area contributed by atoms with Crippen molar-refractivity contribution < 1.29 is 0 Å². The summed E-state index contributed by atoms with van der Waals surface area (Å²) in [5.41, 5.74) is 11.9. The Balaban J connectivity index is 1.28. The molecule has 3 nitrogen and oxygen atoms in total. The van der Waals surface area contributed by atoms with Gasteiger partial charge in [0, 0.05) is 32.8 Å². The molecule has 0 amide bonds. The van der Waals surface area contributed by atoms with Gasteiger partial charge in [0.15, 0.2) is 0 Å². The molecule has 0 saturated carbocycles. The number of fused-ring (bicyclic) bond motifs is 6. The van der Waals surface area contributed by atoms with Gasteiger partial charge in [0.1, 0.15) is 0 Å². The van der Waals surface area contributed by atoms with Gasteiger partial charge in [-0.2, -0.15) is 5.26 Å². The molecule has 46 heavy (non-hydrogen) atoms. The minimum Gasteiger partial charge on any atom is -0.309 e. The SMILES string of the molecule is N#Cc1cccc(-c2cc(-c3cccc(-n4c5ccccc5c5ccccc54)c3)ccc2-n2c3ccccc3c3ccccc32)c1. The van der Waals surface area contributed by atoms with Crippen molar-refractivity contribution in [2.24, 2.45) is 0 Å². The van der Waals surface area contributed by atoms with Gasteiger partial charge >= 0.3 is 0 Å². The number of rotatable bonds is 4. The third kappa shape index (κ3) is 3.98. The van der Waals surface area contributed by atoms with Crippen LogP contribution in [0.1, 0.15) is 5.56 Å². The molecular weight excluding hydrogens is 558 g/mol. The van der Waals surface area contributed by atoms with Gasteiger partial charge in [0.2, 0.25) is 0 Å². The molecule has 2 heterocycles. The summed E-state index contributed by atoms with van der Waals surface area (Å²) in [5.74, 6) is 0. The third-order valence-electron chi connectivity index (χ3n) is 9.14. The summed E-state index contributed by atoms with van der Waals surface area (Å²) in [4.78, 5) is 0. The van der Waals surface area contributed by atoms with Crippen LogP contribution in [0.15, 0.2) is 164 Å². The van der Waals surface area contributed by atoms with E-state index in [0.29, 0.717) is 5.56 Å². The van der Waals surface area contributed by atoms with E-state index < -0.39 is 0 Å². The maximum Gasteiger partial charge on any atom is 0.0991 e. The molecule has 9 aromatic rings. The molecule has 0 spiro atoms. The third-order valence-corrected chi connectivity index (χ3v) is 9.14. The van der Waals surface area contributed by atoms with E-state index in [2.05, 4.69) is 161 Å². The van der Waals surface area contributed by atoms with E-state index in [1.54, 1.807) is 0 Å². The monoisotopic (exact) mass is 585 g/mol. The molecule has 7 aromatic carbocycles. The first kappa shape index (κ1) is 26.1. The highest BCUT2D eigenvalue weighted by molar-refractivity contribution is 6.10. The lowest BCUT2D eigenvalue weighted by atomic mass is 9.96. The Morgan fingerprint density at radius 3 is 1.48 bits per heavy atom. The fraction of sp³-hybridized carbons (Fsp3) is 0. The number of hydrogen-bond acceptors (Lipinski definition) is 1. The van der Waals surface area contributed by atoms with Crippen LogP contribution in [0.2, 0.25) is 0 Å². The van der Waals surface area contributed by atoms with Gasteiger partial charge < -0.3 is 9.13 Å². The van der Waals surface area contributed by atoms with Gasteiger partial charge in [0.05, 0.1) is 39.4 Å². The van der Waals surface area contributed by atoms with Gasteiger partial charge in [-0.1, -0.05) is 103 Å². The van der Waals surface area contributed by atoms with E-state index in [9.17, 15) is 5.26 Å². The second kappa shape index (κ2) is 10.4. The highest BCUT2D eigenvalue weighted by Gasteiger charge is 2.17. The quantitative estimate of drug-likeness (QED) is 0.202. The summed E-state index contributed by atoms with van der Waals surface area (Å²) in [6.45, 7) is 0. The van der Waals surface area contributed by atoms with E-state index >= 15 is 0 Å². The molecule has 0 aliphatic rings. The van der Waals surface area contributed by atoms with Gasteiger partial charge in [0.25, 0.3) is 0 Å². The Morgan fingerprint density at radius 1 is 0.391 bits per heavy atom. The molecule has 0 atom stereocenters. The average Bonchev–Trinajstić information content (AvgIpc) is 3.65. The molecule has 0 aliphatic heterocycles. The normalized spacial score (nSPS) is 11.5. The van der Waals surface area contributed by atoms with Crippen molar-refractivity contribution in [1.82, 2.24) is 9.13 Å². The molecule has 2 aromatic heterocycles. The zero-order chi connectivity index (χ0) is 30.6. The molecule has 0 bridgehead atoms. The van der Waals surface area contributed by atoms with E-state index in [1.165, 1.54) is 32.6 Å². The predicted molar refractivity (Wildman–Crippen MR) is 191 cm³/mol. The van der Waals surface area contributed by atoms with Crippen molar-refractivity contribution in [1.29, 1.82) is 5.26 Å². The van der Waals surface area contributed by atoms with Crippen LogP contribution in [0.5, 0.6) is 0 Å². The average molecular weight is 586 g/mol. The predicted octanol–water partition coefficient (Wildman–Crippen LogP) is 11.1. The van der Waals surface area contributed by atoms with Gasteiger partial charge in [-0.05, 0) is 77.4 Å². The summed E-state index contributed by atoms with van der Waals surface area (Å²) in [6.07, 6.45) is 0. The van der Waals surface area contributed by atoms with Crippen LogP contribution in [0, 0.1) is 11.3 Å². The fourth-order valence-corrected chi connectivity index (χ4v) is 7.11. The van der Waals surface area contributed by atoms with Crippen LogP contribution in [0.4, 0.5) is 0 Å². The van der Waals surface area contributed by atoms with Crippen molar-refractivity contribution in [2.75, 3.05) is 0 Å². The summed E-state index contributed by atoms with van der Waals surface area (Å²) in [6, 6.07) is 60.2. The standard InChI is InChI=1S/C43H27N3/c44-28-29-11-9-13-32(25-29)38-27-31(23-24-43(38)46-41-21-7-3-17-36(41)37-18-4-8-22-42(37)46)30-12-10-14-33(26-30)45-39-19-5-1-15-34(39)35-16-2-6-20-40(35)45/h1-27H. The van der Waals surface area contributed by atoms with Crippen LogP contribution in [-0.4, -0.2) is 9.13 Å². The molecule has 214 valence electrons.